The van der Waals surface area contributed by atoms with E-state index in [4.69, 9.17) is 0 Å². The van der Waals surface area contributed by atoms with Gasteiger partial charge in [0.15, 0.2) is 10.3 Å². The van der Waals surface area contributed by atoms with Crippen molar-refractivity contribution >= 4 is 39.8 Å². The van der Waals surface area contributed by atoms with Crippen molar-refractivity contribution in [2.24, 2.45) is 7.05 Å². The fourth-order valence-electron chi connectivity index (χ4n) is 3.12. The summed E-state index contributed by atoms with van der Waals surface area (Å²) in [5, 5.41) is 24.9. The lowest BCUT2D eigenvalue weighted by Crippen LogP contribution is -2.12. The average molecular weight is 495 g/mol. The summed E-state index contributed by atoms with van der Waals surface area (Å²) >= 11 is 2.41. The van der Waals surface area contributed by atoms with Crippen LogP contribution >= 0.6 is 23.1 Å². The number of nitrogens with one attached hydrogen (secondary N) is 1. The van der Waals surface area contributed by atoms with Crippen LogP contribution in [0.15, 0.2) is 64.2 Å². The molecule has 4 rings (SSSR count). The number of hydrogen-bond donors (Lipinski definition) is 1. The van der Waals surface area contributed by atoms with Crippen LogP contribution in [0, 0.1) is 10.1 Å². The Bertz CT molecular complexity index is 1360. The lowest BCUT2D eigenvalue weighted by Gasteiger charge is -2.18. The van der Waals surface area contributed by atoms with Gasteiger partial charge >= 0.3 is 0 Å². The van der Waals surface area contributed by atoms with Crippen LogP contribution in [-0.4, -0.2) is 30.6 Å². The van der Waals surface area contributed by atoms with E-state index in [2.05, 4.69) is 53.4 Å². The minimum absolute atomic E-state index is 0.0602. The van der Waals surface area contributed by atoms with Crippen molar-refractivity contribution in [1.29, 1.82) is 0 Å². The van der Waals surface area contributed by atoms with E-state index in [1.807, 2.05) is 17.5 Å². The molecule has 0 unspecified atom stereocenters. The summed E-state index contributed by atoms with van der Waals surface area (Å²) in [4.78, 5) is 28.7. The molecule has 11 heteroatoms. The molecule has 174 valence electrons. The molecule has 4 aromatic rings. The summed E-state index contributed by atoms with van der Waals surface area (Å²) in [7, 11) is 1.75. The van der Waals surface area contributed by atoms with E-state index in [0.717, 1.165) is 23.0 Å². The first-order valence-electron chi connectivity index (χ1n) is 10.3. The smallest absolute Gasteiger partial charge is 0.284 e. The molecule has 0 aliphatic carbocycles. The fourth-order valence-corrected chi connectivity index (χ4v) is 4.69. The molecule has 0 radical (unpaired) electrons. The van der Waals surface area contributed by atoms with E-state index in [9.17, 15) is 14.9 Å². The summed E-state index contributed by atoms with van der Waals surface area (Å²) in [6.07, 6.45) is 1.51. The molecule has 0 atom stereocenters. The molecular weight excluding hydrogens is 472 g/mol. The molecule has 1 amide bonds. The Balaban J connectivity index is 1.51. The third-order valence-electron chi connectivity index (χ3n) is 5.06. The molecular formula is C23H22N6O3S2. The fraction of sp³-hybridized carbons (Fsp3) is 0.217. The topological polar surface area (TPSA) is 116 Å². The predicted molar refractivity (Wildman–Crippen MR) is 132 cm³/mol. The molecule has 34 heavy (non-hydrogen) atoms. The van der Waals surface area contributed by atoms with Gasteiger partial charge in [-0.25, -0.2) is 4.98 Å². The molecule has 0 saturated heterocycles. The van der Waals surface area contributed by atoms with Crippen molar-refractivity contribution in [3.05, 3.63) is 75.4 Å². The number of aromatic nitrogens is 4. The van der Waals surface area contributed by atoms with Gasteiger partial charge in [0.1, 0.15) is 6.33 Å². The van der Waals surface area contributed by atoms with Crippen LogP contribution in [0.3, 0.4) is 0 Å². The monoisotopic (exact) mass is 494 g/mol. The van der Waals surface area contributed by atoms with Gasteiger partial charge in [0.2, 0.25) is 0 Å². The first-order chi connectivity index (χ1) is 16.1. The van der Waals surface area contributed by atoms with Gasteiger partial charge in [-0.2, -0.15) is 0 Å². The highest BCUT2D eigenvalue weighted by molar-refractivity contribution is 7.99. The minimum atomic E-state index is -0.516. The Labute approximate surface area is 204 Å². The van der Waals surface area contributed by atoms with Crippen molar-refractivity contribution in [3.8, 4) is 11.3 Å². The standard InChI is InChI=1S/C23H22N6O3S2/c1-23(2,3)16-8-5-14(6-9-16)17-12-33-21(25-17)26-20(30)15-7-10-19(18(11-15)29(31)32)34-22-27-24-13-28(22)4/h5-13H,1-4H3,(H,25,26,30). The third kappa shape index (κ3) is 5.15. The van der Waals surface area contributed by atoms with Crippen molar-refractivity contribution in [1.82, 2.24) is 19.7 Å². The summed E-state index contributed by atoms with van der Waals surface area (Å²) in [5.74, 6) is -0.470. The van der Waals surface area contributed by atoms with Gasteiger partial charge in [0, 0.05) is 29.6 Å². The molecule has 0 aliphatic heterocycles. The molecule has 0 fully saturated rings. The molecule has 0 saturated carbocycles. The Kier molecular flexibility index (Phi) is 6.49. The summed E-state index contributed by atoms with van der Waals surface area (Å²) in [6.45, 7) is 6.47. The number of benzene rings is 2. The third-order valence-corrected chi connectivity index (χ3v) is 6.94. The quantitative estimate of drug-likeness (QED) is 0.276. The molecule has 2 aromatic heterocycles. The van der Waals surface area contributed by atoms with Crippen LogP contribution in [0.4, 0.5) is 10.8 Å². The lowest BCUT2D eigenvalue weighted by atomic mass is 9.86. The molecule has 0 spiro atoms. The zero-order valence-corrected chi connectivity index (χ0v) is 20.6. The van der Waals surface area contributed by atoms with E-state index in [0.29, 0.717) is 15.2 Å². The molecule has 2 aromatic carbocycles. The maximum atomic E-state index is 12.8. The summed E-state index contributed by atoms with van der Waals surface area (Å²) < 4.78 is 1.66. The van der Waals surface area contributed by atoms with Gasteiger partial charge in [0.25, 0.3) is 11.6 Å². The summed E-state index contributed by atoms with van der Waals surface area (Å²) in [6, 6.07) is 12.5. The first-order valence-corrected chi connectivity index (χ1v) is 12.0. The second kappa shape index (κ2) is 9.35. The number of carbonyl (C=O) groups excluding carboxylic acids is 1. The molecule has 1 N–H and O–H groups in total. The van der Waals surface area contributed by atoms with E-state index in [1.54, 1.807) is 17.7 Å². The van der Waals surface area contributed by atoms with Gasteiger partial charge in [-0.15, -0.1) is 21.5 Å². The number of rotatable bonds is 6. The van der Waals surface area contributed by atoms with E-state index in [-0.39, 0.29) is 16.7 Å². The number of carbonyl (C=O) groups is 1. The number of nitro groups is 1. The number of hydrogen-bond acceptors (Lipinski definition) is 8. The number of aryl methyl sites for hydroxylation is 1. The van der Waals surface area contributed by atoms with Crippen LogP contribution in [0.1, 0.15) is 36.7 Å². The number of anilines is 1. The maximum Gasteiger partial charge on any atom is 0.284 e. The number of nitrogens with zero attached hydrogens (tertiary/aromatic N) is 5. The van der Waals surface area contributed by atoms with Gasteiger partial charge in [-0.1, -0.05) is 45.0 Å². The van der Waals surface area contributed by atoms with Crippen LogP contribution in [0.5, 0.6) is 0 Å². The number of thiazole rings is 1. The van der Waals surface area contributed by atoms with Crippen LogP contribution in [-0.2, 0) is 12.5 Å². The van der Waals surface area contributed by atoms with Crippen LogP contribution in [0.25, 0.3) is 11.3 Å². The number of nitro benzene ring substituents is 1. The van der Waals surface area contributed by atoms with Gasteiger partial charge in [0.05, 0.1) is 15.5 Å². The zero-order valence-electron chi connectivity index (χ0n) is 19.0. The minimum Gasteiger partial charge on any atom is -0.311 e. The molecule has 0 bridgehead atoms. The summed E-state index contributed by atoms with van der Waals surface area (Å²) in [5.41, 5.74) is 2.97. The van der Waals surface area contributed by atoms with Crippen molar-refractivity contribution in [2.45, 2.75) is 36.2 Å². The van der Waals surface area contributed by atoms with Gasteiger partial charge < -0.3 is 4.57 Å². The Hall–Kier alpha value is -3.57. The van der Waals surface area contributed by atoms with E-state index >= 15 is 0 Å². The second-order valence-electron chi connectivity index (χ2n) is 8.59. The van der Waals surface area contributed by atoms with Crippen LogP contribution < -0.4 is 5.32 Å². The first kappa shape index (κ1) is 23.6. The zero-order chi connectivity index (χ0) is 24.5. The molecule has 0 aliphatic rings. The van der Waals surface area contributed by atoms with E-state index < -0.39 is 10.8 Å². The Morgan fingerprint density at radius 1 is 1.18 bits per heavy atom. The van der Waals surface area contributed by atoms with Crippen LogP contribution in [0.2, 0.25) is 0 Å². The maximum absolute atomic E-state index is 12.8. The van der Waals surface area contributed by atoms with E-state index in [1.165, 1.54) is 35.4 Å². The highest BCUT2D eigenvalue weighted by Gasteiger charge is 2.21. The normalized spacial score (nSPS) is 11.4. The Morgan fingerprint density at radius 3 is 2.53 bits per heavy atom. The molecule has 9 nitrogen and oxygen atoms in total. The SMILES string of the molecule is Cn1cnnc1Sc1ccc(C(=O)Nc2nc(-c3ccc(C(C)(C)C)cc3)cs2)cc1[N+](=O)[O-]. The van der Waals surface area contributed by atoms with Gasteiger partial charge in [-0.05, 0) is 34.9 Å². The van der Waals surface area contributed by atoms with Crippen molar-refractivity contribution in [2.75, 3.05) is 5.32 Å². The Morgan fingerprint density at radius 2 is 1.91 bits per heavy atom. The highest BCUT2D eigenvalue weighted by Crippen LogP contribution is 2.34. The predicted octanol–water partition coefficient (Wildman–Crippen LogP) is 5.55. The largest absolute Gasteiger partial charge is 0.311 e. The number of amides is 1. The average Bonchev–Trinajstić information content (AvgIpc) is 3.42. The highest BCUT2D eigenvalue weighted by atomic mass is 32.2. The lowest BCUT2D eigenvalue weighted by molar-refractivity contribution is -0.387. The van der Waals surface area contributed by atoms with Crippen molar-refractivity contribution in [3.63, 3.8) is 0 Å². The second-order valence-corrected chi connectivity index (χ2v) is 10.5. The van der Waals surface area contributed by atoms with Crippen molar-refractivity contribution < 1.29 is 9.72 Å². The van der Waals surface area contributed by atoms with Gasteiger partial charge in [-0.3, -0.25) is 20.2 Å². The molecule has 2 heterocycles.